The summed E-state index contributed by atoms with van der Waals surface area (Å²) in [6, 6.07) is -0.754. The fraction of sp³-hybridized carbons (Fsp3) is 0.983. The molecule has 1 amide bonds. The van der Waals surface area contributed by atoms with Gasteiger partial charge in [0.1, 0.15) is 13.2 Å². The lowest BCUT2D eigenvalue weighted by Gasteiger charge is -2.26. The lowest BCUT2D eigenvalue weighted by atomic mass is 10.0. The molecule has 0 fully saturated rings. The second-order valence-electron chi connectivity index (χ2n) is 22.1. The Hall–Kier alpha value is -0.500. The summed E-state index contributed by atoms with van der Waals surface area (Å²) in [7, 11) is 1.63. The maximum Gasteiger partial charge on any atom is 0.472 e. The van der Waals surface area contributed by atoms with E-state index in [-0.39, 0.29) is 19.1 Å². The molecule has 0 saturated carbocycles. The normalized spacial score (nSPS) is 13.8. The van der Waals surface area contributed by atoms with Crippen molar-refractivity contribution in [1.82, 2.24) is 5.32 Å². The van der Waals surface area contributed by atoms with E-state index in [1.54, 1.807) is 0 Å². The Balaban J connectivity index is 3.92. The van der Waals surface area contributed by atoms with Gasteiger partial charge in [0, 0.05) is 6.42 Å². The minimum Gasteiger partial charge on any atom is -0.391 e. The SMILES string of the molecule is CCCCCCCCCCCCCCCCCCCCCCCCCCCCCCCCCCCC(O)C(COP(=O)(O)OCC[N+](C)(C)C)NC(=O)CCCCCCCCCCCCCC. The van der Waals surface area contributed by atoms with Crippen LogP contribution in [-0.2, 0) is 18.4 Å². The van der Waals surface area contributed by atoms with Gasteiger partial charge in [0.15, 0.2) is 0 Å². The molecule has 0 bridgehead atoms. The summed E-state index contributed by atoms with van der Waals surface area (Å²) in [5, 5.41) is 14.0. The van der Waals surface area contributed by atoms with Gasteiger partial charge in [-0.3, -0.25) is 13.8 Å². The van der Waals surface area contributed by atoms with Crippen molar-refractivity contribution in [2.45, 2.75) is 328 Å². The standard InChI is InChI=1S/C58H119N2O6P/c1-6-8-10-12-14-16-18-20-21-22-23-24-25-26-27-28-29-30-31-32-33-34-35-36-37-38-39-40-41-43-45-47-49-51-57(61)56(55-66-67(63,64)65-54-53-60(3,4)5)59-58(62)52-50-48-46-44-42-19-17-15-13-11-9-7-2/h56-57,61H,6-55H2,1-5H3,(H-,59,62,63,64)/p+1. The van der Waals surface area contributed by atoms with Crippen molar-refractivity contribution >= 4 is 13.7 Å². The zero-order chi connectivity index (χ0) is 49.2. The summed E-state index contributed by atoms with van der Waals surface area (Å²) in [5.41, 5.74) is 0. The highest BCUT2D eigenvalue weighted by Gasteiger charge is 2.28. The predicted molar refractivity (Wildman–Crippen MR) is 291 cm³/mol. The number of nitrogens with one attached hydrogen (secondary N) is 1. The number of carbonyl (C=O) groups excluding carboxylic acids is 1. The Morgan fingerprint density at radius 2 is 0.716 bits per heavy atom. The van der Waals surface area contributed by atoms with Gasteiger partial charge in [-0.1, -0.05) is 296 Å². The molecule has 67 heavy (non-hydrogen) atoms. The number of carbonyl (C=O) groups is 1. The van der Waals surface area contributed by atoms with Crippen molar-refractivity contribution in [2.24, 2.45) is 0 Å². The monoisotopic (exact) mass is 972 g/mol. The molecular formula is C58H120N2O6P+. The third-order valence-corrected chi connectivity index (χ3v) is 15.1. The lowest BCUT2D eigenvalue weighted by molar-refractivity contribution is -0.870. The summed E-state index contributed by atoms with van der Waals surface area (Å²) in [6.07, 6.45) is 60.4. The zero-order valence-electron chi connectivity index (χ0n) is 45.9. The van der Waals surface area contributed by atoms with E-state index in [1.165, 1.54) is 250 Å². The van der Waals surface area contributed by atoms with Crippen molar-refractivity contribution in [2.75, 3.05) is 40.9 Å². The number of rotatable bonds is 56. The van der Waals surface area contributed by atoms with Gasteiger partial charge in [-0.05, 0) is 12.8 Å². The van der Waals surface area contributed by atoms with Crippen LogP contribution in [0.1, 0.15) is 316 Å². The molecule has 8 nitrogen and oxygen atoms in total. The number of phosphoric acid groups is 1. The number of quaternary nitrogens is 1. The van der Waals surface area contributed by atoms with Crippen molar-refractivity contribution in [3.8, 4) is 0 Å². The third-order valence-electron chi connectivity index (χ3n) is 14.1. The second-order valence-corrected chi connectivity index (χ2v) is 23.5. The average molecular weight is 973 g/mol. The highest BCUT2D eigenvalue weighted by atomic mass is 31.2. The van der Waals surface area contributed by atoms with Crippen molar-refractivity contribution in [3.63, 3.8) is 0 Å². The van der Waals surface area contributed by atoms with Gasteiger partial charge in [0.05, 0.1) is 39.9 Å². The molecule has 0 spiro atoms. The van der Waals surface area contributed by atoms with Crippen LogP contribution in [0.25, 0.3) is 0 Å². The average Bonchev–Trinajstić information content (AvgIpc) is 3.29. The molecule has 402 valence electrons. The predicted octanol–water partition coefficient (Wildman–Crippen LogP) is 18.0. The number of nitrogens with zero attached hydrogens (tertiary/aromatic N) is 1. The highest BCUT2D eigenvalue weighted by molar-refractivity contribution is 7.47. The molecule has 0 radical (unpaired) electrons. The molecule has 3 N–H and O–H groups in total. The number of aliphatic hydroxyl groups excluding tert-OH is 1. The molecule has 3 unspecified atom stereocenters. The molecule has 0 aliphatic rings. The second kappa shape index (κ2) is 50.4. The molecule has 0 rings (SSSR count). The van der Waals surface area contributed by atoms with E-state index in [2.05, 4.69) is 19.2 Å². The van der Waals surface area contributed by atoms with Gasteiger partial charge < -0.3 is 19.8 Å². The Kier molecular flexibility index (Phi) is 50.1. The summed E-state index contributed by atoms with van der Waals surface area (Å²) in [6.45, 7) is 4.93. The number of amides is 1. The topological polar surface area (TPSA) is 105 Å². The van der Waals surface area contributed by atoms with Crippen LogP contribution >= 0.6 is 7.82 Å². The molecule has 0 heterocycles. The number of hydrogen-bond donors (Lipinski definition) is 3. The van der Waals surface area contributed by atoms with Gasteiger partial charge in [0.25, 0.3) is 0 Å². The van der Waals surface area contributed by atoms with Crippen LogP contribution < -0.4 is 5.32 Å². The number of hydrogen-bond acceptors (Lipinski definition) is 5. The summed E-state index contributed by atoms with van der Waals surface area (Å²) in [4.78, 5) is 23.2. The van der Waals surface area contributed by atoms with E-state index in [0.717, 1.165) is 38.5 Å². The molecule has 0 aromatic heterocycles. The fourth-order valence-electron chi connectivity index (χ4n) is 9.40. The zero-order valence-corrected chi connectivity index (χ0v) is 46.8. The maximum absolute atomic E-state index is 12.9. The molecule has 0 aliphatic heterocycles. The van der Waals surface area contributed by atoms with Crippen LogP contribution in [0.4, 0.5) is 0 Å². The fourth-order valence-corrected chi connectivity index (χ4v) is 10.1. The third kappa shape index (κ3) is 53.1. The van der Waals surface area contributed by atoms with Gasteiger partial charge in [0.2, 0.25) is 5.91 Å². The van der Waals surface area contributed by atoms with E-state index < -0.39 is 20.0 Å². The Labute approximate surface area is 419 Å². The molecular weight excluding hydrogens is 852 g/mol. The first kappa shape index (κ1) is 66.5. The number of unbranched alkanes of at least 4 members (excludes halogenated alkanes) is 43. The Morgan fingerprint density at radius 3 is 1.00 bits per heavy atom. The number of aliphatic hydroxyl groups is 1. The summed E-state index contributed by atoms with van der Waals surface area (Å²) in [5.74, 6) is -0.139. The number of likely N-dealkylation sites (N-methyl/N-ethyl adjacent to an activating group) is 1. The minimum absolute atomic E-state index is 0.0789. The van der Waals surface area contributed by atoms with E-state index in [1.807, 2.05) is 21.1 Å². The minimum atomic E-state index is -4.31. The first-order valence-electron chi connectivity index (χ1n) is 29.9. The van der Waals surface area contributed by atoms with Crippen LogP contribution in [0.3, 0.4) is 0 Å². The van der Waals surface area contributed by atoms with Crippen molar-refractivity contribution in [3.05, 3.63) is 0 Å². The molecule has 3 atom stereocenters. The van der Waals surface area contributed by atoms with E-state index in [9.17, 15) is 19.4 Å². The van der Waals surface area contributed by atoms with Gasteiger partial charge in [-0.15, -0.1) is 0 Å². The quantitative estimate of drug-likeness (QED) is 0.0319. The number of phosphoric ester groups is 1. The van der Waals surface area contributed by atoms with Crippen LogP contribution in [0, 0.1) is 0 Å². The van der Waals surface area contributed by atoms with E-state index in [0.29, 0.717) is 23.9 Å². The molecule has 0 aromatic rings. The van der Waals surface area contributed by atoms with E-state index >= 15 is 0 Å². The summed E-state index contributed by atoms with van der Waals surface area (Å²) >= 11 is 0. The molecule has 0 aliphatic carbocycles. The van der Waals surface area contributed by atoms with Gasteiger partial charge in [-0.25, -0.2) is 4.57 Å². The van der Waals surface area contributed by atoms with Gasteiger partial charge in [-0.2, -0.15) is 0 Å². The van der Waals surface area contributed by atoms with Crippen molar-refractivity contribution in [1.29, 1.82) is 0 Å². The molecule has 0 aromatic carbocycles. The molecule has 9 heteroatoms. The highest BCUT2D eigenvalue weighted by Crippen LogP contribution is 2.43. The van der Waals surface area contributed by atoms with Crippen LogP contribution in [0.15, 0.2) is 0 Å². The first-order chi connectivity index (χ1) is 32.5. The smallest absolute Gasteiger partial charge is 0.391 e. The van der Waals surface area contributed by atoms with Crippen LogP contribution in [0.5, 0.6) is 0 Å². The first-order valence-corrected chi connectivity index (χ1v) is 31.4. The van der Waals surface area contributed by atoms with Crippen molar-refractivity contribution < 1.29 is 32.9 Å². The largest absolute Gasteiger partial charge is 0.472 e. The van der Waals surface area contributed by atoms with Gasteiger partial charge >= 0.3 is 7.82 Å². The Bertz CT molecular complexity index is 1060. The molecule has 0 saturated heterocycles. The Morgan fingerprint density at radius 1 is 0.448 bits per heavy atom. The maximum atomic E-state index is 12.9. The van der Waals surface area contributed by atoms with E-state index in [4.69, 9.17) is 9.05 Å². The lowest BCUT2D eigenvalue weighted by Crippen LogP contribution is -2.46. The summed E-state index contributed by atoms with van der Waals surface area (Å²) < 4.78 is 23.7. The van der Waals surface area contributed by atoms with Crippen LogP contribution in [0.2, 0.25) is 0 Å². The van der Waals surface area contributed by atoms with Crippen LogP contribution in [-0.4, -0.2) is 73.4 Å².